The zero-order valence-corrected chi connectivity index (χ0v) is 9.56. The molecule has 2 saturated heterocycles. The van der Waals surface area contributed by atoms with Crippen LogP contribution in [0.1, 0.15) is 32.1 Å². The Hall–Kier alpha value is -0.610. The molecule has 1 amide bonds. The number of aliphatic hydroxyl groups is 1. The second-order valence-electron chi connectivity index (χ2n) is 5.50. The molecule has 3 fully saturated rings. The average Bonchev–Trinajstić information content (AvgIpc) is 2.67. The van der Waals surface area contributed by atoms with E-state index < -0.39 is 0 Å². The fourth-order valence-electron chi connectivity index (χ4n) is 3.37. The summed E-state index contributed by atoms with van der Waals surface area (Å²) in [7, 11) is 0. The van der Waals surface area contributed by atoms with Gasteiger partial charge in [-0.1, -0.05) is 12.8 Å². The Labute approximate surface area is 96.0 Å². The molecule has 1 aliphatic carbocycles. The Morgan fingerprint density at radius 3 is 2.69 bits per heavy atom. The van der Waals surface area contributed by atoms with Crippen LogP contribution in [0.4, 0.5) is 0 Å². The monoisotopic (exact) mass is 224 g/mol. The molecule has 4 heteroatoms. The van der Waals surface area contributed by atoms with E-state index in [9.17, 15) is 9.90 Å². The van der Waals surface area contributed by atoms with Gasteiger partial charge in [-0.05, 0) is 25.2 Å². The van der Waals surface area contributed by atoms with Crippen molar-refractivity contribution in [1.29, 1.82) is 0 Å². The van der Waals surface area contributed by atoms with E-state index in [1.807, 2.05) is 0 Å². The van der Waals surface area contributed by atoms with Gasteiger partial charge in [-0.2, -0.15) is 0 Å². The third-order valence-corrected chi connectivity index (χ3v) is 4.33. The van der Waals surface area contributed by atoms with Crippen LogP contribution in [0, 0.1) is 5.92 Å². The molecule has 3 rings (SSSR count). The molecule has 0 aromatic heterocycles. The van der Waals surface area contributed by atoms with Crippen molar-refractivity contribution in [2.45, 2.75) is 50.3 Å². The molecule has 16 heavy (non-hydrogen) atoms. The van der Waals surface area contributed by atoms with Crippen LogP contribution >= 0.6 is 0 Å². The van der Waals surface area contributed by atoms with Crippen molar-refractivity contribution < 1.29 is 9.90 Å². The largest absolute Gasteiger partial charge is 0.389 e. The number of nitrogens with one attached hydrogen (secondary N) is 1. The van der Waals surface area contributed by atoms with Gasteiger partial charge in [0.25, 0.3) is 0 Å². The summed E-state index contributed by atoms with van der Waals surface area (Å²) < 4.78 is 0. The zero-order chi connectivity index (χ0) is 11.1. The van der Waals surface area contributed by atoms with Crippen LogP contribution in [-0.4, -0.2) is 47.2 Å². The number of likely N-dealkylation sites (tertiary alicyclic amines) is 1. The molecular formula is C12H20N2O2. The predicted octanol–water partition coefficient (Wildman–Crippen LogP) is 0.110. The molecule has 4 nitrogen and oxygen atoms in total. The fourth-order valence-corrected chi connectivity index (χ4v) is 3.37. The number of amides is 1. The van der Waals surface area contributed by atoms with E-state index in [4.69, 9.17) is 0 Å². The average molecular weight is 224 g/mol. The molecule has 1 saturated carbocycles. The minimum Gasteiger partial charge on any atom is -0.389 e. The number of rotatable bonds is 1. The number of nitrogens with zero attached hydrogens (tertiary/aromatic N) is 1. The van der Waals surface area contributed by atoms with Crippen LogP contribution in [0.2, 0.25) is 0 Å². The van der Waals surface area contributed by atoms with Gasteiger partial charge in [-0.3, -0.25) is 4.79 Å². The highest BCUT2D eigenvalue weighted by Gasteiger charge is 2.41. The molecule has 2 aliphatic heterocycles. The number of fused-ring (bicyclic) bond motifs is 1. The fraction of sp³-hybridized carbons (Fsp3) is 0.917. The van der Waals surface area contributed by atoms with E-state index in [2.05, 4.69) is 5.32 Å². The van der Waals surface area contributed by atoms with Gasteiger partial charge < -0.3 is 15.3 Å². The zero-order valence-electron chi connectivity index (χ0n) is 9.56. The lowest BCUT2D eigenvalue weighted by molar-refractivity contribution is -0.143. The maximum atomic E-state index is 12.1. The lowest BCUT2D eigenvalue weighted by atomic mass is 9.85. The van der Waals surface area contributed by atoms with Crippen LogP contribution in [0.3, 0.4) is 0 Å². The standard InChI is InChI=1S/C12H20N2O2/c15-9-6-14(7-9)12(16)11-5-8-3-1-2-4-10(8)13-11/h8-11,13,15H,1-7H2. The van der Waals surface area contributed by atoms with Crippen molar-refractivity contribution in [2.75, 3.05) is 13.1 Å². The molecule has 0 aromatic carbocycles. The van der Waals surface area contributed by atoms with Crippen molar-refractivity contribution >= 4 is 5.91 Å². The number of aliphatic hydroxyl groups excluding tert-OH is 1. The third-order valence-electron chi connectivity index (χ3n) is 4.33. The smallest absolute Gasteiger partial charge is 0.239 e. The SMILES string of the molecule is O=C(C1CC2CCCCC2N1)N1CC(O)C1. The summed E-state index contributed by atoms with van der Waals surface area (Å²) in [6, 6.07) is 0.606. The minimum atomic E-state index is -0.285. The van der Waals surface area contributed by atoms with Crippen LogP contribution < -0.4 is 5.32 Å². The molecule has 0 aromatic rings. The summed E-state index contributed by atoms with van der Waals surface area (Å²) in [5, 5.41) is 12.7. The summed E-state index contributed by atoms with van der Waals surface area (Å²) in [5.41, 5.74) is 0. The van der Waals surface area contributed by atoms with E-state index in [0.717, 1.165) is 6.42 Å². The molecule has 3 unspecified atom stereocenters. The molecular weight excluding hydrogens is 204 g/mol. The normalized spacial score (nSPS) is 39.3. The van der Waals surface area contributed by atoms with Crippen molar-refractivity contribution in [3.8, 4) is 0 Å². The van der Waals surface area contributed by atoms with Gasteiger partial charge in [0.05, 0.1) is 12.1 Å². The first-order valence-electron chi connectivity index (χ1n) is 6.47. The highest BCUT2D eigenvalue weighted by Crippen LogP contribution is 2.34. The Morgan fingerprint density at radius 2 is 2.00 bits per heavy atom. The van der Waals surface area contributed by atoms with Crippen molar-refractivity contribution in [1.82, 2.24) is 10.2 Å². The summed E-state index contributed by atoms with van der Waals surface area (Å²) in [4.78, 5) is 13.8. The third kappa shape index (κ3) is 1.74. The van der Waals surface area contributed by atoms with Crippen molar-refractivity contribution in [3.63, 3.8) is 0 Å². The molecule has 2 N–H and O–H groups in total. The second-order valence-corrected chi connectivity index (χ2v) is 5.50. The highest BCUT2D eigenvalue weighted by molar-refractivity contribution is 5.83. The van der Waals surface area contributed by atoms with Gasteiger partial charge >= 0.3 is 0 Å². The second kappa shape index (κ2) is 4.00. The Balaban J connectivity index is 1.58. The number of carbonyl (C=O) groups excluding carboxylic acids is 1. The molecule has 0 spiro atoms. The first-order valence-corrected chi connectivity index (χ1v) is 6.47. The van der Waals surface area contributed by atoms with E-state index >= 15 is 0 Å². The lowest BCUT2D eigenvalue weighted by Crippen LogP contribution is -2.58. The van der Waals surface area contributed by atoms with Crippen molar-refractivity contribution in [2.24, 2.45) is 5.92 Å². The molecule has 3 atom stereocenters. The first-order chi connectivity index (χ1) is 7.74. The quantitative estimate of drug-likeness (QED) is 0.664. The van der Waals surface area contributed by atoms with E-state index in [1.165, 1.54) is 25.7 Å². The summed E-state index contributed by atoms with van der Waals surface area (Å²) in [6.45, 7) is 1.07. The molecule has 3 aliphatic rings. The van der Waals surface area contributed by atoms with Gasteiger partial charge in [0.15, 0.2) is 0 Å². The summed E-state index contributed by atoms with van der Waals surface area (Å²) in [5.74, 6) is 0.925. The van der Waals surface area contributed by atoms with E-state index in [-0.39, 0.29) is 18.1 Å². The molecule has 0 bridgehead atoms. The Bertz CT molecular complexity index is 275. The summed E-state index contributed by atoms with van der Waals surface area (Å²) in [6.07, 6.45) is 5.87. The van der Waals surface area contributed by atoms with Crippen LogP contribution in [0.15, 0.2) is 0 Å². The van der Waals surface area contributed by atoms with E-state index in [1.54, 1.807) is 4.90 Å². The molecule has 90 valence electrons. The molecule has 2 heterocycles. The Kier molecular flexibility index (Phi) is 2.64. The maximum absolute atomic E-state index is 12.1. The van der Waals surface area contributed by atoms with Crippen molar-refractivity contribution in [3.05, 3.63) is 0 Å². The van der Waals surface area contributed by atoms with Crippen LogP contribution in [-0.2, 0) is 4.79 Å². The topological polar surface area (TPSA) is 52.6 Å². The van der Waals surface area contributed by atoms with Gasteiger partial charge in [0.1, 0.15) is 0 Å². The number of hydrogen-bond acceptors (Lipinski definition) is 3. The van der Waals surface area contributed by atoms with Crippen LogP contribution in [0.25, 0.3) is 0 Å². The number of carbonyl (C=O) groups is 1. The van der Waals surface area contributed by atoms with E-state index in [0.29, 0.717) is 25.0 Å². The minimum absolute atomic E-state index is 0.0283. The Morgan fingerprint density at radius 1 is 1.25 bits per heavy atom. The van der Waals surface area contributed by atoms with Crippen LogP contribution in [0.5, 0.6) is 0 Å². The van der Waals surface area contributed by atoms with Gasteiger partial charge in [-0.25, -0.2) is 0 Å². The van der Waals surface area contributed by atoms with Gasteiger partial charge in [-0.15, -0.1) is 0 Å². The van der Waals surface area contributed by atoms with Gasteiger partial charge in [0.2, 0.25) is 5.91 Å². The maximum Gasteiger partial charge on any atom is 0.239 e. The lowest BCUT2D eigenvalue weighted by Gasteiger charge is -2.37. The molecule has 0 radical (unpaired) electrons. The number of β-amino-alcohol motifs (C(OH)–C–C–N with tert-alkyl or cyclic N) is 1. The van der Waals surface area contributed by atoms with Gasteiger partial charge in [0, 0.05) is 19.1 Å². The number of hydrogen-bond donors (Lipinski definition) is 2. The first kappa shape index (κ1) is 10.5. The predicted molar refractivity (Wildman–Crippen MR) is 59.9 cm³/mol. The summed E-state index contributed by atoms with van der Waals surface area (Å²) >= 11 is 0. The highest BCUT2D eigenvalue weighted by atomic mass is 16.3.